The van der Waals surface area contributed by atoms with E-state index >= 15 is 0 Å². The number of benzene rings is 4. The molecule has 0 fully saturated rings. The van der Waals surface area contributed by atoms with Crippen molar-refractivity contribution in [3.05, 3.63) is 143 Å². The molecule has 5 heteroatoms. The highest BCUT2D eigenvalue weighted by atomic mass is 16.5. The van der Waals surface area contributed by atoms with Gasteiger partial charge in [0.05, 0.1) is 5.57 Å². The molecule has 6 rings (SSSR count). The van der Waals surface area contributed by atoms with E-state index in [0.717, 1.165) is 33.6 Å². The summed E-state index contributed by atoms with van der Waals surface area (Å²) in [7, 11) is 0. The minimum Gasteiger partial charge on any atom is -0.489 e. The van der Waals surface area contributed by atoms with Crippen LogP contribution >= 0.6 is 0 Å². The number of nitrogens with zero attached hydrogens (tertiary/aromatic N) is 2. The summed E-state index contributed by atoms with van der Waals surface area (Å²) in [5.74, 6) is 1.91. The Hall–Kier alpha value is -4.64. The van der Waals surface area contributed by atoms with E-state index in [2.05, 4.69) is 36.4 Å². The van der Waals surface area contributed by atoms with Gasteiger partial charge in [-0.25, -0.2) is 9.98 Å². The predicted molar refractivity (Wildman–Crippen MR) is 150 cm³/mol. The molecule has 5 nitrogen and oxygen atoms in total. The molecular weight excluding hydrogens is 472 g/mol. The van der Waals surface area contributed by atoms with Gasteiger partial charge in [-0.15, -0.1) is 0 Å². The van der Waals surface area contributed by atoms with Gasteiger partial charge in [-0.1, -0.05) is 103 Å². The van der Waals surface area contributed by atoms with E-state index in [1.54, 1.807) is 0 Å². The quantitative estimate of drug-likeness (QED) is 0.262. The van der Waals surface area contributed by atoms with Crippen LogP contribution in [0.15, 0.2) is 131 Å². The largest absolute Gasteiger partial charge is 0.489 e. The summed E-state index contributed by atoms with van der Waals surface area (Å²) >= 11 is 0. The smallest absolute Gasteiger partial charge is 0.222 e. The Labute approximate surface area is 222 Å². The summed E-state index contributed by atoms with van der Waals surface area (Å²) < 4.78 is 18.2. The second-order valence-electron chi connectivity index (χ2n) is 9.24. The highest BCUT2D eigenvalue weighted by molar-refractivity contribution is 6.22. The SMILES string of the molecule is C(=C(C1=N[C@H](c2ccccc2)CO1)C1=N[C@H](c2ccccc2)CO1)c1ccc(OCc2ccccc2)cc1. The van der Waals surface area contributed by atoms with Gasteiger partial charge in [0.15, 0.2) is 0 Å². The second-order valence-corrected chi connectivity index (χ2v) is 9.24. The van der Waals surface area contributed by atoms with Crippen LogP contribution in [0.25, 0.3) is 6.08 Å². The maximum Gasteiger partial charge on any atom is 0.222 e. The minimum absolute atomic E-state index is 0.0599. The summed E-state index contributed by atoms with van der Waals surface area (Å²) in [6.45, 7) is 1.50. The topological polar surface area (TPSA) is 52.4 Å². The molecule has 0 spiro atoms. The maximum atomic E-state index is 6.12. The van der Waals surface area contributed by atoms with E-state index < -0.39 is 0 Å². The highest BCUT2D eigenvalue weighted by Crippen LogP contribution is 2.30. The van der Waals surface area contributed by atoms with Crippen LogP contribution in [-0.2, 0) is 16.1 Å². The molecule has 0 saturated heterocycles. The third kappa shape index (κ3) is 5.52. The molecule has 2 aliphatic rings. The van der Waals surface area contributed by atoms with Crippen LogP contribution < -0.4 is 4.74 Å². The molecule has 0 aliphatic carbocycles. The summed E-state index contributed by atoms with van der Waals surface area (Å²) in [6.07, 6.45) is 2.03. The molecule has 4 aromatic carbocycles. The summed E-state index contributed by atoms with van der Waals surface area (Å²) in [4.78, 5) is 9.84. The van der Waals surface area contributed by atoms with E-state index in [1.165, 1.54) is 0 Å². The highest BCUT2D eigenvalue weighted by Gasteiger charge is 2.30. The van der Waals surface area contributed by atoms with Crippen LogP contribution in [-0.4, -0.2) is 25.0 Å². The van der Waals surface area contributed by atoms with E-state index in [-0.39, 0.29) is 12.1 Å². The van der Waals surface area contributed by atoms with Gasteiger partial charge in [-0.2, -0.15) is 0 Å². The van der Waals surface area contributed by atoms with Crippen molar-refractivity contribution in [1.82, 2.24) is 0 Å². The number of hydrogen-bond donors (Lipinski definition) is 0. The monoisotopic (exact) mass is 500 g/mol. The van der Waals surface area contributed by atoms with Crippen molar-refractivity contribution in [1.29, 1.82) is 0 Å². The van der Waals surface area contributed by atoms with Gasteiger partial charge in [0.2, 0.25) is 11.8 Å². The van der Waals surface area contributed by atoms with Crippen LogP contribution in [0, 0.1) is 0 Å². The van der Waals surface area contributed by atoms with Crippen molar-refractivity contribution in [3.8, 4) is 5.75 Å². The van der Waals surface area contributed by atoms with Crippen molar-refractivity contribution >= 4 is 17.9 Å². The molecule has 0 N–H and O–H groups in total. The lowest BCUT2D eigenvalue weighted by molar-refractivity contribution is 0.306. The van der Waals surface area contributed by atoms with Crippen LogP contribution in [0.5, 0.6) is 5.75 Å². The van der Waals surface area contributed by atoms with E-state index in [9.17, 15) is 0 Å². The Kier molecular flexibility index (Phi) is 6.98. The van der Waals surface area contributed by atoms with Crippen LogP contribution in [0.4, 0.5) is 0 Å². The molecular formula is C33H28N2O3. The first-order chi connectivity index (χ1) is 18.8. The van der Waals surface area contributed by atoms with Crippen LogP contribution in [0.1, 0.15) is 34.3 Å². The molecule has 2 aliphatic heterocycles. The van der Waals surface area contributed by atoms with Gasteiger partial charge in [0.1, 0.15) is 37.7 Å². The molecule has 0 amide bonds. The third-order valence-corrected chi connectivity index (χ3v) is 6.57. The zero-order chi connectivity index (χ0) is 25.6. The first-order valence-electron chi connectivity index (χ1n) is 12.8. The number of ether oxygens (including phenoxy) is 3. The zero-order valence-corrected chi connectivity index (χ0v) is 20.9. The fourth-order valence-electron chi connectivity index (χ4n) is 4.52. The number of aliphatic imine (C=N–C) groups is 2. The Morgan fingerprint density at radius 3 is 1.68 bits per heavy atom. The molecule has 0 bridgehead atoms. The van der Waals surface area contributed by atoms with Crippen LogP contribution in [0.2, 0.25) is 0 Å². The zero-order valence-electron chi connectivity index (χ0n) is 20.9. The standard InChI is InChI=1S/C33H28N2O3/c1-4-10-25(11-5-1)21-36-28-18-16-24(17-19-28)20-29(32-34-30(22-37-32)26-12-6-2-7-13-26)33-35-31(23-38-33)27-14-8-3-9-15-27/h1-20,30-31H,21-23H2/t30-,31-/m0/s1. The van der Waals surface area contributed by atoms with Crippen molar-refractivity contribution in [2.75, 3.05) is 13.2 Å². The summed E-state index contributed by atoms with van der Waals surface area (Å²) in [6, 6.07) is 38.4. The minimum atomic E-state index is -0.0599. The van der Waals surface area contributed by atoms with Gasteiger partial charge >= 0.3 is 0 Å². The first kappa shape index (κ1) is 23.7. The average Bonchev–Trinajstić information content (AvgIpc) is 3.68. The predicted octanol–water partition coefficient (Wildman–Crippen LogP) is 6.99. The lowest BCUT2D eigenvalue weighted by Gasteiger charge is -2.09. The van der Waals surface area contributed by atoms with Crippen molar-refractivity contribution < 1.29 is 14.2 Å². The molecule has 0 radical (unpaired) electrons. The molecule has 0 aromatic heterocycles. The van der Waals surface area contributed by atoms with Crippen molar-refractivity contribution in [2.45, 2.75) is 18.7 Å². The number of hydrogen-bond acceptors (Lipinski definition) is 5. The first-order valence-corrected chi connectivity index (χ1v) is 12.8. The lowest BCUT2D eigenvalue weighted by Crippen LogP contribution is -2.14. The van der Waals surface area contributed by atoms with E-state index in [4.69, 9.17) is 24.2 Å². The Morgan fingerprint density at radius 1 is 0.658 bits per heavy atom. The molecule has 0 saturated carbocycles. The summed E-state index contributed by atoms with van der Waals surface area (Å²) in [5, 5.41) is 0. The van der Waals surface area contributed by atoms with Gasteiger partial charge in [-0.3, -0.25) is 0 Å². The average molecular weight is 501 g/mol. The Balaban J connectivity index is 1.27. The molecule has 2 heterocycles. The van der Waals surface area contributed by atoms with Crippen molar-refractivity contribution in [2.24, 2.45) is 9.98 Å². The van der Waals surface area contributed by atoms with Crippen LogP contribution in [0.3, 0.4) is 0 Å². The lowest BCUT2D eigenvalue weighted by atomic mass is 10.1. The normalized spacial score (nSPS) is 18.1. The van der Waals surface area contributed by atoms with Crippen molar-refractivity contribution in [3.63, 3.8) is 0 Å². The molecule has 38 heavy (non-hydrogen) atoms. The molecule has 2 atom stereocenters. The maximum absolute atomic E-state index is 6.12. The Morgan fingerprint density at radius 2 is 1.16 bits per heavy atom. The van der Waals surface area contributed by atoms with E-state index in [1.807, 2.05) is 84.9 Å². The molecule has 0 unspecified atom stereocenters. The van der Waals surface area contributed by atoms with Gasteiger partial charge in [0, 0.05) is 0 Å². The fraction of sp³-hybridized carbons (Fsp3) is 0.152. The van der Waals surface area contributed by atoms with Gasteiger partial charge in [-0.05, 0) is 40.5 Å². The van der Waals surface area contributed by atoms with Gasteiger partial charge in [0.25, 0.3) is 0 Å². The summed E-state index contributed by atoms with van der Waals surface area (Å²) in [5.41, 5.74) is 5.11. The molecule has 188 valence electrons. The Bertz CT molecular complexity index is 1380. The van der Waals surface area contributed by atoms with E-state index in [0.29, 0.717) is 31.6 Å². The third-order valence-electron chi connectivity index (χ3n) is 6.57. The van der Waals surface area contributed by atoms with Gasteiger partial charge < -0.3 is 14.2 Å². The second kappa shape index (κ2) is 11.2. The fourth-order valence-corrected chi connectivity index (χ4v) is 4.52. The number of rotatable bonds is 8. The molecule has 4 aromatic rings.